The molecule has 0 heterocycles. The van der Waals surface area contributed by atoms with Crippen LogP contribution in [-0.2, 0) is 4.79 Å². The average molecular weight is 249 g/mol. The normalized spacial score (nSPS) is 10.3. The van der Waals surface area contributed by atoms with Crippen LogP contribution in [0.15, 0.2) is 12.1 Å². The van der Waals surface area contributed by atoms with E-state index in [4.69, 9.17) is 4.74 Å². The molecular formula is C15H23NO2. The Bertz CT molecular complexity index is 427. The number of anilines is 1. The van der Waals surface area contributed by atoms with Gasteiger partial charge in [0.05, 0.1) is 12.8 Å². The zero-order valence-corrected chi connectivity index (χ0v) is 12.0. The van der Waals surface area contributed by atoms with Gasteiger partial charge in [0.2, 0.25) is 0 Å². The molecule has 0 unspecified atom stereocenters. The summed E-state index contributed by atoms with van der Waals surface area (Å²) in [5.41, 5.74) is 3.57. The molecular weight excluding hydrogens is 226 g/mol. The Morgan fingerprint density at radius 2 is 1.89 bits per heavy atom. The fraction of sp³-hybridized carbons (Fsp3) is 0.533. The summed E-state index contributed by atoms with van der Waals surface area (Å²) < 4.78 is 5.42. The molecule has 0 spiro atoms. The lowest BCUT2D eigenvalue weighted by Gasteiger charge is -2.22. The zero-order valence-electron chi connectivity index (χ0n) is 12.0. The average Bonchev–Trinajstić information content (AvgIpc) is 2.31. The van der Waals surface area contributed by atoms with Crippen molar-refractivity contribution in [2.75, 3.05) is 25.6 Å². The summed E-state index contributed by atoms with van der Waals surface area (Å²) in [4.78, 5) is 13.1. The van der Waals surface area contributed by atoms with Crippen LogP contribution in [0.1, 0.15) is 30.9 Å². The van der Waals surface area contributed by atoms with E-state index in [1.165, 1.54) is 11.1 Å². The molecule has 1 aromatic rings. The Balaban J connectivity index is 2.80. The minimum atomic E-state index is 0.246. The highest BCUT2D eigenvalue weighted by atomic mass is 16.5. The van der Waals surface area contributed by atoms with Gasteiger partial charge in [0.1, 0.15) is 11.5 Å². The molecule has 18 heavy (non-hydrogen) atoms. The molecule has 1 aromatic carbocycles. The number of carbonyl (C=O) groups is 1. The minimum absolute atomic E-state index is 0.246. The van der Waals surface area contributed by atoms with E-state index in [2.05, 4.69) is 30.9 Å². The van der Waals surface area contributed by atoms with Gasteiger partial charge in [0.25, 0.3) is 0 Å². The smallest absolute Gasteiger partial charge is 0.142 e. The number of nitrogens with zero attached hydrogens (tertiary/aromatic N) is 1. The SMILES string of the molecule is COc1cc(C)c(C)cc1N(C)CCCC(C)=O. The van der Waals surface area contributed by atoms with E-state index in [0.29, 0.717) is 6.42 Å². The lowest BCUT2D eigenvalue weighted by molar-refractivity contribution is -0.117. The third kappa shape index (κ3) is 3.76. The molecule has 0 aromatic heterocycles. The minimum Gasteiger partial charge on any atom is -0.495 e. The van der Waals surface area contributed by atoms with Gasteiger partial charge in [-0.3, -0.25) is 0 Å². The summed E-state index contributed by atoms with van der Waals surface area (Å²) in [6, 6.07) is 4.20. The van der Waals surface area contributed by atoms with Crippen molar-refractivity contribution in [3.05, 3.63) is 23.3 Å². The first-order valence-electron chi connectivity index (χ1n) is 6.31. The summed E-state index contributed by atoms with van der Waals surface area (Å²) in [6.45, 7) is 6.67. The van der Waals surface area contributed by atoms with Crippen LogP contribution < -0.4 is 9.64 Å². The summed E-state index contributed by atoms with van der Waals surface area (Å²) in [5.74, 6) is 1.14. The molecule has 3 heteroatoms. The Kier molecular flexibility index (Phi) is 5.20. The topological polar surface area (TPSA) is 29.5 Å². The fourth-order valence-electron chi connectivity index (χ4n) is 1.92. The fourth-order valence-corrected chi connectivity index (χ4v) is 1.92. The van der Waals surface area contributed by atoms with E-state index in [0.717, 1.165) is 24.4 Å². The van der Waals surface area contributed by atoms with E-state index in [1.54, 1.807) is 14.0 Å². The second kappa shape index (κ2) is 6.43. The van der Waals surface area contributed by atoms with E-state index in [1.807, 2.05) is 7.05 Å². The molecule has 100 valence electrons. The molecule has 0 N–H and O–H groups in total. The van der Waals surface area contributed by atoms with Gasteiger partial charge in [0, 0.05) is 20.0 Å². The van der Waals surface area contributed by atoms with Crippen LogP contribution in [0.25, 0.3) is 0 Å². The molecule has 0 fully saturated rings. The monoisotopic (exact) mass is 249 g/mol. The highest BCUT2D eigenvalue weighted by Gasteiger charge is 2.10. The van der Waals surface area contributed by atoms with Crippen LogP contribution in [0.3, 0.4) is 0 Å². The van der Waals surface area contributed by atoms with E-state index in [-0.39, 0.29) is 5.78 Å². The maximum atomic E-state index is 10.9. The van der Waals surface area contributed by atoms with Crippen molar-refractivity contribution >= 4 is 11.5 Å². The van der Waals surface area contributed by atoms with E-state index < -0.39 is 0 Å². The third-order valence-electron chi connectivity index (χ3n) is 3.23. The predicted octanol–water partition coefficient (Wildman–Crippen LogP) is 3.12. The molecule has 0 radical (unpaired) electrons. The third-order valence-corrected chi connectivity index (χ3v) is 3.23. The van der Waals surface area contributed by atoms with Crippen molar-refractivity contribution < 1.29 is 9.53 Å². The number of ether oxygens (including phenoxy) is 1. The highest BCUT2D eigenvalue weighted by Crippen LogP contribution is 2.30. The van der Waals surface area contributed by atoms with Crippen molar-refractivity contribution in [3.8, 4) is 5.75 Å². The van der Waals surface area contributed by atoms with Gasteiger partial charge in [-0.1, -0.05) is 0 Å². The van der Waals surface area contributed by atoms with Gasteiger partial charge in [-0.25, -0.2) is 0 Å². The van der Waals surface area contributed by atoms with E-state index in [9.17, 15) is 4.79 Å². The number of hydrogen-bond donors (Lipinski definition) is 0. The first-order chi connectivity index (χ1) is 8.45. The molecule has 0 bridgehead atoms. The van der Waals surface area contributed by atoms with Gasteiger partial charge in [0.15, 0.2) is 0 Å². The van der Waals surface area contributed by atoms with Crippen LogP contribution >= 0.6 is 0 Å². The Morgan fingerprint density at radius 1 is 1.28 bits per heavy atom. The number of hydrogen-bond acceptors (Lipinski definition) is 3. The summed E-state index contributed by atoms with van der Waals surface area (Å²) >= 11 is 0. The standard InChI is InChI=1S/C15H23NO2/c1-11-9-14(15(18-5)10-12(11)2)16(4)8-6-7-13(3)17/h9-10H,6-8H2,1-5H3. The largest absolute Gasteiger partial charge is 0.495 e. The number of rotatable bonds is 6. The predicted molar refractivity (Wildman–Crippen MR) is 75.7 cm³/mol. The number of aryl methyl sites for hydroxylation is 2. The van der Waals surface area contributed by atoms with Crippen LogP contribution in [0.4, 0.5) is 5.69 Å². The number of carbonyl (C=O) groups excluding carboxylic acids is 1. The van der Waals surface area contributed by atoms with Crippen LogP contribution in [0.2, 0.25) is 0 Å². The molecule has 0 aliphatic heterocycles. The molecule has 0 aliphatic carbocycles. The van der Waals surface area contributed by atoms with Crippen molar-refractivity contribution in [3.63, 3.8) is 0 Å². The lowest BCUT2D eigenvalue weighted by Crippen LogP contribution is -2.20. The van der Waals surface area contributed by atoms with Gasteiger partial charge in [-0.2, -0.15) is 0 Å². The number of benzene rings is 1. The zero-order chi connectivity index (χ0) is 13.7. The van der Waals surface area contributed by atoms with Crippen molar-refractivity contribution in [2.24, 2.45) is 0 Å². The van der Waals surface area contributed by atoms with Crippen LogP contribution in [0.5, 0.6) is 5.75 Å². The summed E-state index contributed by atoms with van der Waals surface area (Å²) in [7, 11) is 3.73. The first-order valence-corrected chi connectivity index (χ1v) is 6.31. The molecule has 0 saturated carbocycles. The van der Waals surface area contributed by atoms with Crippen molar-refractivity contribution in [1.82, 2.24) is 0 Å². The molecule has 0 aliphatic rings. The Labute approximate surface area is 110 Å². The van der Waals surface area contributed by atoms with Gasteiger partial charge in [-0.05, 0) is 50.5 Å². The maximum absolute atomic E-state index is 10.9. The molecule has 0 atom stereocenters. The summed E-state index contributed by atoms with van der Waals surface area (Å²) in [5, 5.41) is 0. The number of methoxy groups -OCH3 is 1. The van der Waals surface area contributed by atoms with Gasteiger partial charge < -0.3 is 14.4 Å². The quantitative estimate of drug-likeness (QED) is 0.775. The Hall–Kier alpha value is -1.51. The first kappa shape index (κ1) is 14.6. The van der Waals surface area contributed by atoms with Crippen molar-refractivity contribution in [2.45, 2.75) is 33.6 Å². The number of ketones is 1. The number of Topliss-reactive ketones (excluding diaryl/α,β-unsaturated/α-hetero) is 1. The van der Waals surface area contributed by atoms with Crippen LogP contribution in [0, 0.1) is 13.8 Å². The van der Waals surface area contributed by atoms with E-state index >= 15 is 0 Å². The molecule has 0 saturated heterocycles. The maximum Gasteiger partial charge on any atom is 0.142 e. The van der Waals surface area contributed by atoms with Crippen LogP contribution in [-0.4, -0.2) is 26.5 Å². The van der Waals surface area contributed by atoms with Gasteiger partial charge in [-0.15, -0.1) is 0 Å². The lowest BCUT2D eigenvalue weighted by atomic mass is 10.1. The Morgan fingerprint density at radius 3 is 2.44 bits per heavy atom. The second-order valence-electron chi connectivity index (χ2n) is 4.84. The van der Waals surface area contributed by atoms with Gasteiger partial charge >= 0.3 is 0 Å². The molecule has 3 nitrogen and oxygen atoms in total. The second-order valence-corrected chi connectivity index (χ2v) is 4.84. The molecule has 1 rings (SSSR count). The van der Waals surface area contributed by atoms with Crippen molar-refractivity contribution in [1.29, 1.82) is 0 Å². The highest BCUT2D eigenvalue weighted by molar-refractivity contribution is 5.75. The summed E-state index contributed by atoms with van der Waals surface area (Å²) in [6.07, 6.45) is 1.51. The molecule has 0 amide bonds.